The maximum absolute atomic E-state index is 14.5. The van der Waals surface area contributed by atoms with Crippen LogP contribution >= 0.6 is 23.4 Å². The molecule has 0 atom stereocenters. The third-order valence-electron chi connectivity index (χ3n) is 5.81. The van der Waals surface area contributed by atoms with Crippen LogP contribution in [0, 0.1) is 5.82 Å². The summed E-state index contributed by atoms with van der Waals surface area (Å²) in [5.41, 5.74) is 0.231. The van der Waals surface area contributed by atoms with Gasteiger partial charge in [0.1, 0.15) is 22.8 Å². The number of benzene rings is 4. The highest BCUT2D eigenvalue weighted by Gasteiger charge is 2.17. The first-order valence-electron chi connectivity index (χ1n) is 12.5. The summed E-state index contributed by atoms with van der Waals surface area (Å²) >= 11 is 7.33. The number of aromatic hydroxyl groups is 1. The van der Waals surface area contributed by atoms with Crippen LogP contribution in [0.15, 0.2) is 102 Å². The van der Waals surface area contributed by atoms with Gasteiger partial charge in [0.15, 0.2) is 0 Å². The smallest absolute Gasteiger partial charge is 0.339 e. The largest absolute Gasteiger partial charge is 0.507 e. The highest BCUT2D eigenvalue weighted by atomic mass is 35.5. The van der Waals surface area contributed by atoms with Crippen molar-refractivity contribution in [3.8, 4) is 5.75 Å². The molecular weight excluding hydrogens is 597 g/mol. The summed E-state index contributed by atoms with van der Waals surface area (Å²) in [6.07, 6.45) is 1.16. The van der Waals surface area contributed by atoms with Crippen LogP contribution in [0.25, 0.3) is 6.08 Å². The minimum atomic E-state index is -1.33. The number of aromatic carboxylic acids is 1. The highest BCUT2D eigenvalue weighted by Crippen LogP contribution is 2.25. The topological polar surface area (TPSA) is 145 Å². The van der Waals surface area contributed by atoms with E-state index >= 15 is 0 Å². The van der Waals surface area contributed by atoms with Gasteiger partial charge in [-0.15, -0.1) is 11.8 Å². The molecular formula is C31H23ClFN3O6S. The number of thioether (sulfide) groups is 1. The Hall–Kier alpha value is -5.13. The first kappa shape index (κ1) is 30.8. The molecule has 0 fully saturated rings. The summed E-state index contributed by atoms with van der Waals surface area (Å²) in [6.45, 7) is 0. The number of rotatable bonds is 10. The van der Waals surface area contributed by atoms with Crippen LogP contribution in [-0.2, 0) is 9.59 Å². The molecule has 0 unspecified atom stereocenters. The molecule has 43 heavy (non-hydrogen) atoms. The minimum Gasteiger partial charge on any atom is -0.507 e. The molecule has 12 heteroatoms. The van der Waals surface area contributed by atoms with Crippen LogP contribution in [0.5, 0.6) is 5.75 Å². The Morgan fingerprint density at radius 2 is 1.56 bits per heavy atom. The number of phenols is 1. The number of nitrogens with one attached hydrogen (secondary N) is 3. The summed E-state index contributed by atoms with van der Waals surface area (Å²) in [5.74, 6) is -4.12. The SMILES string of the molecule is O=C(CSc1ccc(NC(=O)/C(=C/c2c(F)cccc2Cl)NC(=O)c2ccccc2)cc1)Nc1ccc(O)c(C(=O)O)c1. The van der Waals surface area contributed by atoms with Gasteiger partial charge < -0.3 is 26.2 Å². The van der Waals surface area contributed by atoms with E-state index in [0.717, 1.165) is 12.1 Å². The van der Waals surface area contributed by atoms with E-state index in [9.17, 15) is 28.7 Å². The Labute approximate surface area is 254 Å². The average molecular weight is 620 g/mol. The Morgan fingerprint density at radius 3 is 2.23 bits per heavy atom. The number of amides is 3. The molecule has 0 aromatic heterocycles. The molecule has 4 aromatic carbocycles. The zero-order chi connectivity index (χ0) is 30.9. The summed E-state index contributed by atoms with van der Waals surface area (Å²) in [4.78, 5) is 50.2. The first-order chi connectivity index (χ1) is 20.6. The predicted octanol–water partition coefficient (Wildman–Crippen LogP) is 6.02. The Bertz CT molecular complexity index is 1690. The van der Waals surface area contributed by atoms with Crippen LogP contribution < -0.4 is 16.0 Å². The fourth-order valence-electron chi connectivity index (χ4n) is 3.70. The van der Waals surface area contributed by atoms with Crippen LogP contribution in [0.4, 0.5) is 15.8 Å². The highest BCUT2D eigenvalue weighted by molar-refractivity contribution is 8.00. The third kappa shape index (κ3) is 8.44. The van der Waals surface area contributed by atoms with Crippen molar-refractivity contribution in [2.75, 3.05) is 16.4 Å². The number of hydrogen-bond donors (Lipinski definition) is 5. The molecule has 4 rings (SSSR count). The number of anilines is 2. The van der Waals surface area contributed by atoms with E-state index in [1.807, 2.05) is 0 Å². The summed E-state index contributed by atoms with van der Waals surface area (Å²) in [6, 6.07) is 22.5. The van der Waals surface area contributed by atoms with Crippen molar-refractivity contribution in [3.05, 3.63) is 124 Å². The maximum atomic E-state index is 14.5. The van der Waals surface area contributed by atoms with Crippen molar-refractivity contribution >= 4 is 64.5 Å². The molecule has 4 aromatic rings. The van der Waals surface area contributed by atoms with E-state index in [0.29, 0.717) is 16.1 Å². The van der Waals surface area contributed by atoms with E-state index in [2.05, 4.69) is 16.0 Å². The number of hydrogen-bond acceptors (Lipinski definition) is 6. The minimum absolute atomic E-state index is 0.00318. The predicted molar refractivity (Wildman–Crippen MR) is 163 cm³/mol. The second-order valence-electron chi connectivity index (χ2n) is 8.87. The number of halogens is 2. The molecule has 0 saturated heterocycles. The number of carboxylic acids is 1. The summed E-state index contributed by atoms with van der Waals surface area (Å²) in [5, 5.41) is 26.5. The van der Waals surface area contributed by atoms with Crippen molar-refractivity contribution in [1.29, 1.82) is 0 Å². The lowest BCUT2D eigenvalue weighted by Crippen LogP contribution is -2.30. The second-order valence-corrected chi connectivity index (χ2v) is 10.3. The normalized spacial score (nSPS) is 11.0. The van der Waals surface area contributed by atoms with Gasteiger partial charge in [0.25, 0.3) is 11.8 Å². The molecule has 0 aliphatic carbocycles. The van der Waals surface area contributed by atoms with Crippen molar-refractivity contribution in [2.45, 2.75) is 4.90 Å². The Kier molecular flexibility index (Phi) is 10.2. The van der Waals surface area contributed by atoms with E-state index in [1.165, 1.54) is 42.1 Å². The molecule has 218 valence electrons. The summed E-state index contributed by atoms with van der Waals surface area (Å²) in [7, 11) is 0. The standard InChI is InChI=1S/C31H23ClFN3O6S/c32-24-7-4-8-25(33)22(24)16-26(36-29(39)18-5-2-1-3-6-18)30(40)35-19-9-12-21(13-10-19)43-17-28(38)34-20-11-14-27(37)23(15-20)31(41)42/h1-16,37H,17H2,(H,34,38)(H,35,40)(H,36,39)(H,41,42)/b26-16-. The van der Waals surface area contributed by atoms with Crippen molar-refractivity contribution < 1.29 is 33.8 Å². The molecule has 0 saturated carbocycles. The maximum Gasteiger partial charge on any atom is 0.339 e. The third-order valence-corrected chi connectivity index (χ3v) is 7.15. The van der Waals surface area contributed by atoms with E-state index in [-0.39, 0.29) is 33.3 Å². The average Bonchev–Trinajstić information content (AvgIpc) is 2.99. The van der Waals surface area contributed by atoms with Gasteiger partial charge in [0.05, 0.1) is 10.8 Å². The molecule has 0 radical (unpaired) electrons. The molecule has 0 spiro atoms. The number of carbonyl (C=O) groups excluding carboxylic acids is 3. The van der Waals surface area contributed by atoms with Crippen LogP contribution in [0.2, 0.25) is 5.02 Å². The Morgan fingerprint density at radius 1 is 0.860 bits per heavy atom. The van der Waals surface area contributed by atoms with E-state index < -0.39 is 35.3 Å². The van der Waals surface area contributed by atoms with Crippen molar-refractivity contribution in [3.63, 3.8) is 0 Å². The molecule has 3 amide bonds. The molecule has 0 aliphatic heterocycles. The molecule has 0 heterocycles. The monoisotopic (exact) mass is 619 g/mol. The van der Waals surface area contributed by atoms with Crippen LogP contribution in [0.3, 0.4) is 0 Å². The van der Waals surface area contributed by atoms with Gasteiger partial charge in [-0.25, -0.2) is 9.18 Å². The number of carboxylic acid groups (broad SMARTS) is 1. The van der Waals surface area contributed by atoms with E-state index in [1.54, 1.807) is 54.6 Å². The molecule has 0 bridgehead atoms. The second kappa shape index (κ2) is 14.2. The van der Waals surface area contributed by atoms with Gasteiger partial charge in [0.2, 0.25) is 5.91 Å². The van der Waals surface area contributed by atoms with Crippen molar-refractivity contribution in [2.24, 2.45) is 0 Å². The Balaban J connectivity index is 1.42. The fourth-order valence-corrected chi connectivity index (χ4v) is 4.62. The van der Waals surface area contributed by atoms with Crippen molar-refractivity contribution in [1.82, 2.24) is 5.32 Å². The fraction of sp³-hybridized carbons (Fsp3) is 0.0323. The van der Waals surface area contributed by atoms with Gasteiger partial charge in [-0.05, 0) is 72.8 Å². The van der Waals surface area contributed by atoms with E-state index in [4.69, 9.17) is 16.7 Å². The zero-order valence-corrected chi connectivity index (χ0v) is 23.7. The van der Waals surface area contributed by atoms with Crippen LogP contribution in [0.1, 0.15) is 26.3 Å². The lowest BCUT2D eigenvalue weighted by molar-refractivity contribution is -0.114. The quantitative estimate of drug-likeness (QED) is 0.0829. The van der Waals surface area contributed by atoms with Gasteiger partial charge in [0, 0.05) is 27.4 Å². The van der Waals surface area contributed by atoms with Gasteiger partial charge in [-0.1, -0.05) is 35.9 Å². The lowest BCUT2D eigenvalue weighted by Gasteiger charge is -2.12. The molecule has 0 aliphatic rings. The van der Waals surface area contributed by atoms with Gasteiger partial charge in [-0.3, -0.25) is 14.4 Å². The number of carbonyl (C=O) groups is 4. The lowest BCUT2D eigenvalue weighted by atomic mass is 10.1. The van der Waals surface area contributed by atoms with Gasteiger partial charge >= 0.3 is 5.97 Å². The first-order valence-corrected chi connectivity index (χ1v) is 13.9. The summed E-state index contributed by atoms with van der Waals surface area (Å²) < 4.78 is 14.5. The molecule has 5 N–H and O–H groups in total. The zero-order valence-electron chi connectivity index (χ0n) is 22.1. The van der Waals surface area contributed by atoms with Gasteiger partial charge in [-0.2, -0.15) is 0 Å². The van der Waals surface area contributed by atoms with Crippen LogP contribution in [-0.4, -0.2) is 39.7 Å². The molecule has 9 nitrogen and oxygen atoms in total.